The molecule has 2 aromatic heterocycles. The lowest BCUT2D eigenvalue weighted by atomic mass is 10.2. The highest BCUT2D eigenvalue weighted by Crippen LogP contribution is 2.23. The first-order chi connectivity index (χ1) is 10.2. The van der Waals surface area contributed by atoms with Gasteiger partial charge in [0.25, 0.3) is 0 Å². The summed E-state index contributed by atoms with van der Waals surface area (Å²) in [7, 11) is 0. The van der Waals surface area contributed by atoms with Gasteiger partial charge in [-0.05, 0) is 36.8 Å². The van der Waals surface area contributed by atoms with Gasteiger partial charge in [0.2, 0.25) is 0 Å². The highest BCUT2D eigenvalue weighted by atomic mass is 79.9. The summed E-state index contributed by atoms with van der Waals surface area (Å²) in [5.74, 6) is 1.72. The second-order valence-electron chi connectivity index (χ2n) is 4.91. The lowest BCUT2D eigenvalue weighted by Crippen LogP contribution is -2.12. The summed E-state index contributed by atoms with van der Waals surface area (Å²) in [5, 5.41) is 10.5. The molecule has 3 aromatic rings. The van der Waals surface area contributed by atoms with Crippen molar-refractivity contribution in [2.75, 3.05) is 0 Å². The van der Waals surface area contributed by atoms with Gasteiger partial charge in [0, 0.05) is 23.1 Å². The van der Waals surface area contributed by atoms with Gasteiger partial charge in [0.05, 0.1) is 6.20 Å². The molecular formula is C16H16BrN3O. The minimum absolute atomic E-state index is 0.738. The predicted molar refractivity (Wildman–Crippen MR) is 85.7 cm³/mol. The van der Waals surface area contributed by atoms with Crippen LogP contribution < -0.4 is 5.32 Å². The molecule has 0 saturated carbocycles. The van der Waals surface area contributed by atoms with E-state index in [1.165, 1.54) is 5.56 Å². The zero-order chi connectivity index (χ0) is 14.7. The van der Waals surface area contributed by atoms with Crippen LogP contribution in [0.15, 0.2) is 51.5 Å². The fourth-order valence-electron chi connectivity index (χ4n) is 2.17. The van der Waals surface area contributed by atoms with E-state index in [4.69, 9.17) is 4.42 Å². The first kappa shape index (κ1) is 14.1. The number of halogens is 1. The number of H-pyrrole nitrogens is 1. The van der Waals surface area contributed by atoms with Crippen LogP contribution in [0.4, 0.5) is 0 Å². The quantitative estimate of drug-likeness (QED) is 0.733. The Hall–Kier alpha value is -1.85. The lowest BCUT2D eigenvalue weighted by Gasteiger charge is -2.05. The van der Waals surface area contributed by atoms with Gasteiger partial charge in [-0.3, -0.25) is 5.10 Å². The molecule has 0 fully saturated rings. The Balaban J connectivity index is 1.64. The Morgan fingerprint density at radius 1 is 1.14 bits per heavy atom. The predicted octanol–water partition coefficient (Wildman–Crippen LogP) is 4.03. The average Bonchev–Trinajstić information content (AvgIpc) is 3.10. The van der Waals surface area contributed by atoms with Crippen molar-refractivity contribution in [1.29, 1.82) is 0 Å². The van der Waals surface area contributed by atoms with E-state index in [9.17, 15) is 0 Å². The van der Waals surface area contributed by atoms with Crippen molar-refractivity contribution < 1.29 is 4.42 Å². The third kappa shape index (κ3) is 3.43. The van der Waals surface area contributed by atoms with Crippen molar-refractivity contribution in [2.45, 2.75) is 20.0 Å². The molecule has 1 aromatic carbocycles. The molecule has 0 atom stereocenters. The van der Waals surface area contributed by atoms with Crippen molar-refractivity contribution in [3.8, 4) is 11.5 Å². The first-order valence-corrected chi connectivity index (χ1v) is 7.56. The third-order valence-corrected chi connectivity index (χ3v) is 3.79. The molecule has 0 aliphatic carbocycles. The standard InChI is InChI=1S/C16H16BrN3O/c1-11-2-7-15(21-11)16-13(10-19-20-16)9-18-8-12-3-5-14(17)6-4-12/h2-7,10,18H,8-9H2,1H3,(H,19,20). The molecule has 0 radical (unpaired) electrons. The third-order valence-electron chi connectivity index (χ3n) is 3.26. The molecule has 0 saturated heterocycles. The highest BCUT2D eigenvalue weighted by molar-refractivity contribution is 9.10. The number of nitrogens with one attached hydrogen (secondary N) is 2. The molecule has 0 bridgehead atoms. The molecule has 0 unspecified atom stereocenters. The van der Waals surface area contributed by atoms with E-state index in [1.807, 2.05) is 37.4 Å². The van der Waals surface area contributed by atoms with Gasteiger partial charge in [-0.1, -0.05) is 28.1 Å². The largest absolute Gasteiger partial charge is 0.460 e. The number of aryl methyl sites for hydroxylation is 1. The zero-order valence-electron chi connectivity index (χ0n) is 11.7. The van der Waals surface area contributed by atoms with E-state index in [1.54, 1.807) is 0 Å². The van der Waals surface area contributed by atoms with Crippen LogP contribution in [0.5, 0.6) is 0 Å². The van der Waals surface area contributed by atoms with Crippen LogP contribution in [-0.4, -0.2) is 10.2 Å². The van der Waals surface area contributed by atoms with Gasteiger partial charge in [-0.2, -0.15) is 5.10 Å². The van der Waals surface area contributed by atoms with Crippen LogP contribution >= 0.6 is 15.9 Å². The number of rotatable bonds is 5. The van der Waals surface area contributed by atoms with E-state index >= 15 is 0 Å². The molecule has 0 amide bonds. The smallest absolute Gasteiger partial charge is 0.152 e. The number of furan rings is 1. The van der Waals surface area contributed by atoms with Crippen molar-refractivity contribution in [2.24, 2.45) is 0 Å². The van der Waals surface area contributed by atoms with E-state index < -0.39 is 0 Å². The van der Waals surface area contributed by atoms with Crippen LogP contribution in [0.2, 0.25) is 0 Å². The maximum Gasteiger partial charge on any atom is 0.152 e. The molecule has 2 heterocycles. The molecule has 5 heteroatoms. The Morgan fingerprint density at radius 3 is 2.67 bits per heavy atom. The van der Waals surface area contributed by atoms with E-state index in [0.29, 0.717) is 0 Å². The fourth-order valence-corrected chi connectivity index (χ4v) is 2.44. The number of nitrogens with zero attached hydrogens (tertiary/aromatic N) is 1. The molecule has 21 heavy (non-hydrogen) atoms. The topological polar surface area (TPSA) is 53.9 Å². The highest BCUT2D eigenvalue weighted by Gasteiger charge is 2.10. The monoisotopic (exact) mass is 345 g/mol. The molecule has 3 rings (SSSR count). The van der Waals surface area contributed by atoms with Crippen molar-refractivity contribution in [3.05, 3.63) is 64.0 Å². The van der Waals surface area contributed by atoms with Crippen LogP contribution in [0.1, 0.15) is 16.9 Å². The SMILES string of the molecule is Cc1ccc(-c2[nH]ncc2CNCc2ccc(Br)cc2)o1. The molecule has 2 N–H and O–H groups in total. The van der Waals surface area contributed by atoms with E-state index in [0.717, 1.165) is 40.3 Å². The Morgan fingerprint density at radius 2 is 1.95 bits per heavy atom. The second-order valence-corrected chi connectivity index (χ2v) is 5.83. The minimum Gasteiger partial charge on any atom is -0.460 e. The van der Waals surface area contributed by atoms with Crippen LogP contribution in [0.25, 0.3) is 11.5 Å². The van der Waals surface area contributed by atoms with E-state index in [-0.39, 0.29) is 0 Å². The van der Waals surface area contributed by atoms with E-state index in [2.05, 4.69) is 43.6 Å². The van der Waals surface area contributed by atoms with Crippen molar-refractivity contribution in [1.82, 2.24) is 15.5 Å². The Kier molecular flexibility index (Phi) is 4.22. The second kappa shape index (κ2) is 6.28. The van der Waals surface area contributed by atoms with Gasteiger partial charge in [-0.15, -0.1) is 0 Å². The molecule has 0 spiro atoms. The van der Waals surface area contributed by atoms with Gasteiger partial charge >= 0.3 is 0 Å². The summed E-state index contributed by atoms with van der Waals surface area (Å²) in [6.07, 6.45) is 1.84. The summed E-state index contributed by atoms with van der Waals surface area (Å²) in [6, 6.07) is 12.2. The van der Waals surface area contributed by atoms with Gasteiger partial charge in [0.15, 0.2) is 5.76 Å². The molecule has 4 nitrogen and oxygen atoms in total. The number of hydrogen-bond acceptors (Lipinski definition) is 3. The average molecular weight is 346 g/mol. The van der Waals surface area contributed by atoms with Crippen molar-refractivity contribution in [3.63, 3.8) is 0 Å². The normalized spacial score (nSPS) is 11.0. The molecule has 108 valence electrons. The fraction of sp³-hybridized carbons (Fsp3) is 0.188. The number of hydrogen-bond donors (Lipinski definition) is 2. The van der Waals surface area contributed by atoms with Gasteiger partial charge in [-0.25, -0.2) is 0 Å². The Bertz CT molecular complexity index is 715. The lowest BCUT2D eigenvalue weighted by molar-refractivity contribution is 0.545. The summed E-state index contributed by atoms with van der Waals surface area (Å²) in [4.78, 5) is 0. The van der Waals surface area contributed by atoms with Crippen LogP contribution in [0, 0.1) is 6.92 Å². The van der Waals surface area contributed by atoms with Gasteiger partial charge < -0.3 is 9.73 Å². The summed E-state index contributed by atoms with van der Waals surface area (Å²) in [5.41, 5.74) is 3.28. The Labute approximate surface area is 131 Å². The molecule has 0 aliphatic rings. The summed E-state index contributed by atoms with van der Waals surface area (Å²) in [6.45, 7) is 3.49. The summed E-state index contributed by atoms with van der Waals surface area (Å²) < 4.78 is 6.74. The van der Waals surface area contributed by atoms with Crippen LogP contribution in [0.3, 0.4) is 0 Å². The number of benzene rings is 1. The first-order valence-electron chi connectivity index (χ1n) is 6.76. The zero-order valence-corrected chi connectivity index (χ0v) is 13.3. The number of aromatic nitrogens is 2. The molecule has 0 aliphatic heterocycles. The van der Waals surface area contributed by atoms with Gasteiger partial charge in [0.1, 0.15) is 11.5 Å². The number of aromatic amines is 1. The summed E-state index contributed by atoms with van der Waals surface area (Å²) >= 11 is 3.44. The maximum absolute atomic E-state index is 5.64. The minimum atomic E-state index is 0.738. The maximum atomic E-state index is 5.64. The molecular weight excluding hydrogens is 330 g/mol. The van der Waals surface area contributed by atoms with Crippen LogP contribution in [-0.2, 0) is 13.1 Å². The van der Waals surface area contributed by atoms with Crippen molar-refractivity contribution >= 4 is 15.9 Å².